The number of amides is 1. The molecule has 10 heteroatoms. The monoisotopic (exact) mass is 393 g/mol. The van der Waals surface area contributed by atoms with Crippen molar-refractivity contribution in [3.8, 4) is 0 Å². The second-order valence-electron chi connectivity index (χ2n) is 5.30. The molecule has 0 fully saturated rings. The Hall–Kier alpha value is -2.65. The van der Waals surface area contributed by atoms with Gasteiger partial charge in [0.15, 0.2) is 4.47 Å². The van der Waals surface area contributed by atoms with Crippen molar-refractivity contribution in [2.24, 2.45) is 0 Å². The summed E-state index contributed by atoms with van der Waals surface area (Å²) in [6.45, 7) is 4.05. The highest BCUT2D eigenvalue weighted by molar-refractivity contribution is 7.15. The van der Waals surface area contributed by atoms with E-state index >= 15 is 0 Å². The molecule has 2 aromatic heterocycles. The predicted molar refractivity (Wildman–Crippen MR) is 102 cm³/mol. The lowest BCUT2D eigenvalue weighted by molar-refractivity contribution is 0.164. The Morgan fingerprint density at radius 2 is 2.23 bits per heavy atom. The van der Waals surface area contributed by atoms with Gasteiger partial charge >= 0.3 is 6.09 Å². The zero-order chi connectivity index (χ0) is 18.7. The van der Waals surface area contributed by atoms with E-state index in [1.165, 1.54) is 11.3 Å². The van der Waals surface area contributed by atoms with Crippen molar-refractivity contribution in [2.75, 3.05) is 17.3 Å². The molecule has 136 valence electrons. The van der Waals surface area contributed by atoms with Gasteiger partial charge in [-0.2, -0.15) is 4.68 Å². The molecule has 0 aliphatic rings. The van der Waals surface area contributed by atoms with Crippen molar-refractivity contribution in [1.29, 1.82) is 0 Å². The molecular formula is C16H16ClN5O3S. The third kappa shape index (κ3) is 3.94. The first-order valence-electron chi connectivity index (χ1n) is 7.79. The van der Waals surface area contributed by atoms with Crippen LogP contribution in [0.25, 0.3) is 10.9 Å². The molecule has 1 amide bonds. The van der Waals surface area contributed by atoms with E-state index < -0.39 is 6.09 Å². The second-order valence-corrected chi connectivity index (χ2v) is 6.99. The highest BCUT2D eigenvalue weighted by Crippen LogP contribution is 2.20. The van der Waals surface area contributed by atoms with Crippen molar-refractivity contribution in [1.82, 2.24) is 14.6 Å². The molecule has 0 unspecified atom stereocenters. The van der Waals surface area contributed by atoms with E-state index in [-0.39, 0.29) is 12.2 Å². The van der Waals surface area contributed by atoms with Crippen LogP contribution in [-0.2, 0) is 11.3 Å². The number of thiazole rings is 1. The minimum Gasteiger partial charge on any atom is -0.449 e. The fraction of sp³-hybridized carbons (Fsp3) is 0.250. The van der Waals surface area contributed by atoms with Gasteiger partial charge in [0.05, 0.1) is 24.1 Å². The van der Waals surface area contributed by atoms with Gasteiger partial charge in [0, 0.05) is 16.8 Å². The van der Waals surface area contributed by atoms with Gasteiger partial charge < -0.3 is 10.1 Å². The van der Waals surface area contributed by atoms with E-state index in [4.69, 9.17) is 16.3 Å². The Labute approximate surface area is 157 Å². The molecule has 2 heterocycles. The number of nitrogens with zero attached hydrogens (tertiary/aromatic N) is 3. The molecule has 1 aromatic carbocycles. The van der Waals surface area contributed by atoms with Gasteiger partial charge in [-0.3, -0.25) is 4.79 Å². The number of rotatable bonds is 5. The first-order valence-corrected chi connectivity index (χ1v) is 8.98. The van der Waals surface area contributed by atoms with Crippen molar-refractivity contribution < 1.29 is 9.53 Å². The quantitative estimate of drug-likeness (QED) is 0.691. The molecule has 0 spiro atoms. The summed E-state index contributed by atoms with van der Waals surface area (Å²) >= 11 is 7.20. The molecule has 2 N–H and O–H groups in total. The van der Waals surface area contributed by atoms with E-state index in [9.17, 15) is 9.59 Å². The molecule has 0 saturated carbocycles. The number of anilines is 1. The first kappa shape index (κ1) is 18.2. The van der Waals surface area contributed by atoms with Crippen LogP contribution in [0.3, 0.4) is 0 Å². The average molecular weight is 394 g/mol. The summed E-state index contributed by atoms with van der Waals surface area (Å²) in [7, 11) is 0. The Balaban J connectivity index is 1.89. The van der Waals surface area contributed by atoms with Gasteiger partial charge in [-0.05, 0) is 32.0 Å². The molecule has 0 aliphatic heterocycles. The maximum atomic E-state index is 12.7. The van der Waals surface area contributed by atoms with Gasteiger partial charge in [0.2, 0.25) is 0 Å². The summed E-state index contributed by atoms with van der Waals surface area (Å²) in [6.07, 6.45) is 0.984. The Bertz CT molecular complexity index is 1020. The van der Waals surface area contributed by atoms with Gasteiger partial charge in [0.25, 0.3) is 5.56 Å². The Kier molecular flexibility index (Phi) is 5.38. The van der Waals surface area contributed by atoms with Crippen LogP contribution >= 0.6 is 22.9 Å². The standard InChI is InChI=1S/C16H16ClN5O3S/c1-3-25-16(24)21-22-9(2)20-13-5-4-10(6-12(13)14(22)23)18-7-11-8-19-15(17)26-11/h4-6,8,18H,3,7H2,1-2H3,(H,21,24). The predicted octanol–water partition coefficient (Wildman–Crippen LogP) is 3.13. The number of nitrogens with one attached hydrogen (secondary N) is 2. The zero-order valence-electron chi connectivity index (χ0n) is 14.1. The van der Waals surface area contributed by atoms with Crippen LogP contribution in [0.1, 0.15) is 17.6 Å². The van der Waals surface area contributed by atoms with Gasteiger partial charge in [-0.25, -0.2) is 20.2 Å². The molecule has 0 radical (unpaired) electrons. The number of ether oxygens (including phenoxy) is 1. The van der Waals surface area contributed by atoms with Crippen molar-refractivity contribution in [3.63, 3.8) is 0 Å². The summed E-state index contributed by atoms with van der Waals surface area (Å²) in [5.74, 6) is 0.357. The Morgan fingerprint density at radius 1 is 1.42 bits per heavy atom. The molecule has 8 nitrogen and oxygen atoms in total. The summed E-state index contributed by atoms with van der Waals surface area (Å²) in [6, 6.07) is 5.27. The van der Waals surface area contributed by atoms with Crippen LogP contribution in [0.15, 0.2) is 29.2 Å². The number of fused-ring (bicyclic) bond motifs is 1. The third-order valence-electron chi connectivity index (χ3n) is 3.51. The number of halogens is 1. The average Bonchev–Trinajstić information content (AvgIpc) is 3.03. The van der Waals surface area contributed by atoms with Crippen LogP contribution in [0.2, 0.25) is 4.47 Å². The maximum absolute atomic E-state index is 12.7. The van der Waals surface area contributed by atoms with E-state index in [2.05, 4.69) is 20.7 Å². The minimum atomic E-state index is -0.713. The number of carbonyl (C=O) groups is 1. The van der Waals surface area contributed by atoms with Gasteiger partial charge in [-0.1, -0.05) is 11.6 Å². The summed E-state index contributed by atoms with van der Waals surface area (Å²) in [4.78, 5) is 33.7. The molecular weight excluding hydrogens is 378 g/mol. The second kappa shape index (κ2) is 7.71. The van der Waals surface area contributed by atoms with Crippen molar-refractivity contribution in [2.45, 2.75) is 20.4 Å². The van der Waals surface area contributed by atoms with Crippen LogP contribution < -0.4 is 16.3 Å². The van der Waals surface area contributed by atoms with E-state index in [0.29, 0.717) is 27.7 Å². The minimum absolute atomic E-state index is 0.205. The van der Waals surface area contributed by atoms with Gasteiger partial charge in [-0.15, -0.1) is 11.3 Å². The molecule has 3 aromatic rings. The molecule has 26 heavy (non-hydrogen) atoms. The molecule has 0 saturated heterocycles. The van der Waals surface area contributed by atoms with Crippen molar-refractivity contribution >= 4 is 45.6 Å². The highest BCUT2D eigenvalue weighted by Gasteiger charge is 2.12. The number of benzene rings is 1. The van der Waals surface area contributed by atoms with Crippen molar-refractivity contribution in [3.05, 3.63) is 49.9 Å². The van der Waals surface area contributed by atoms with E-state index in [0.717, 1.165) is 15.2 Å². The Morgan fingerprint density at radius 3 is 2.92 bits per heavy atom. The number of hydrogen-bond acceptors (Lipinski definition) is 7. The summed E-state index contributed by atoms with van der Waals surface area (Å²) in [5.41, 5.74) is 3.29. The zero-order valence-corrected chi connectivity index (χ0v) is 15.6. The lowest BCUT2D eigenvalue weighted by Crippen LogP contribution is -2.35. The largest absolute Gasteiger partial charge is 0.449 e. The number of aromatic nitrogens is 3. The summed E-state index contributed by atoms with van der Waals surface area (Å²) < 4.78 is 6.37. The van der Waals surface area contributed by atoms with Crippen LogP contribution in [0.4, 0.5) is 10.5 Å². The van der Waals surface area contributed by atoms with Gasteiger partial charge in [0.1, 0.15) is 5.82 Å². The topological polar surface area (TPSA) is 98.1 Å². The van der Waals surface area contributed by atoms with Crippen LogP contribution in [0.5, 0.6) is 0 Å². The third-order valence-corrected chi connectivity index (χ3v) is 4.62. The smallest absolute Gasteiger partial charge is 0.426 e. The van der Waals surface area contributed by atoms with E-state index in [1.54, 1.807) is 32.2 Å². The lowest BCUT2D eigenvalue weighted by atomic mass is 10.2. The fourth-order valence-corrected chi connectivity index (χ4v) is 3.26. The number of hydrogen-bond donors (Lipinski definition) is 2. The number of carbonyl (C=O) groups excluding carboxylic acids is 1. The fourth-order valence-electron chi connectivity index (χ4n) is 2.35. The molecule has 0 bridgehead atoms. The molecule has 0 aliphatic carbocycles. The molecule has 0 atom stereocenters. The number of aryl methyl sites for hydroxylation is 1. The SMILES string of the molecule is CCOC(=O)Nn1c(C)nc2ccc(NCc3cnc(Cl)s3)cc2c1=O. The van der Waals surface area contributed by atoms with Crippen LogP contribution in [0, 0.1) is 6.92 Å². The lowest BCUT2D eigenvalue weighted by Gasteiger charge is -2.12. The summed E-state index contributed by atoms with van der Waals surface area (Å²) in [5, 5.41) is 3.59. The maximum Gasteiger partial charge on any atom is 0.426 e. The van der Waals surface area contributed by atoms with Crippen LogP contribution in [-0.4, -0.2) is 27.3 Å². The molecule has 3 rings (SSSR count). The first-order chi connectivity index (χ1) is 12.5. The normalized spacial score (nSPS) is 10.7. The highest BCUT2D eigenvalue weighted by atomic mass is 35.5. The van der Waals surface area contributed by atoms with E-state index in [1.807, 2.05) is 6.07 Å².